The molecule has 1 aromatic carbocycles. The Balaban J connectivity index is 1.80. The molecule has 0 amide bonds. The van der Waals surface area contributed by atoms with E-state index in [0.717, 1.165) is 6.42 Å². The summed E-state index contributed by atoms with van der Waals surface area (Å²) in [5, 5.41) is 8.79. The monoisotopic (exact) mass is 276 g/mol. The van der Waals surface area contributed by atoms with Gasteiger partial charge in [-0.15, -0.1) is 0 Å². The largest absolute Gasteiger partial charge is 0.197 e. The lowest BCUT2D eigenvalue weighted by molar-refractivity contribution is 0.363. The Labute approximate surface area is 103 Å². The average Bonchev–Trinajstić information content (AvgIpc) is 2.97. The minimum absolute atomic E-state index is 0.0471. The van der Waals surface area contributed by atoms with E-state index in [9.17, 15) is 0 Å². The highest BCUT2D eigenvalue weighted by Crippen LogP contribution is 2.56. The molecule has 3 aliphatic rings. The molecular formula is C13H13BrN2. The van der Waals surface area contributed by atoms with Gasteiger partial charge in [0.25, 0.3) is 0 Å². The van der Waals surface area contributed by atoms with E-state index in [4.69, 9.17) is 0 Å². The number of hydrogen-bond donors (Lipinski definition) is 0. The Kier molecular flexibility index (Phi) is 1.72. The van der Waals surface area contributed by atoms with Gasteiger partial charge < -0.3 is 0 Å². The molecule has 2 unspecified atom stereocenters. The highest BCUT2D eigenvalue weighted by atomic mass is 79.9. The molecule has 82 valence electrons. The molecule has 1 fully saturated rings. The highest BCUT2D eigenvalue weighted by molar-refractivity contribution is 9.10. The SMILES string of the molecule is Brc1ccc2c(c1)CC1CCC(C2)C12N=N2. The molecule has 16 heavy (non-hydrogen) atoms. The van der Waals surface area contributed by atoms with Gasteiger partial charge in [-0.05, 0) is 48.9 Å². The smallest absolute Gasteiger partial charge is 0.158 e. The molecule has 0 N–H and O–H groups in total. The molecule has 2 nitrogen and oxygen atoms in total. The zero-order valence-electron chi connectivity index (χ0n) is 8.99. The van der Waals surface area contributed by atoms with E-state index in [1.165, 1.54) is 34.9 Å². The molecule has 2 bridgehead atoms. The van der Waals surface area contributed by atoms with Crippen LogP contribution in [0.1, 0.15) is 24.0 Å². The summed E-state index contributed by atoms with van der Waals surface area (Å²) < 4.78 is 1.20. The Bertz CT molecular complexity index is 489. The van der Waals surface area contributed by atoms with Crippen molar-refractivity contribution in [2.24, 2.45) is 22.1 Å². The van der Waals surface area contributed by atoms with Gasteiger partial charge in [0.15, 0.2) is 5.66 Å². The van der Waals surface area contributed by atoms with Crippen LogP contribution in [0.2, 0.25) is 0 Å². The maximum Gasteiger partial charge on any atom is 0.197 e. The summed E-state index contributed by atoms with van der Waals surface area (Å²) in [5.41, 5.74) is 3.08. The number of nitrogens with zero attached hydrogens (tertiary/aromatic N) is 2. The van der Waals surface area contributed by atoms with Gasteiger partial charge in [-0.2, -0.15) is 10.2 Å². The summed E-state index contributed by atoms with van der Waals surface area (Å²) in [6, 6.07) is 6.72. The third-order valence-corrected chi connectivity index (χ3v) is 4.99. The fourth-order valence-electron chi connectivity index (χ4n) is 3.56. The van der Waals surface area contributed by atoms with Gasteiger partial charge in [-0.25, -0.2) is 0 Å². The number of benzene rings is 1. The molecule has 1 heterocycles. The molecule has 2 atom stereocenters. The third kappa shape index (κ3) is 1.12. The van der Waals surface area contributed by atoms with Crippen LogP contribution in [-0.4, -0.2) is 5.66 Å². The lowest BCUT2D eigenvalue weighted by Crippen LogP contribution is -2.25. The van der Waals surface area contributed by atoms with Gasteiger partial charge in [0.2, 0.25) is 0 Å². The van der Waals surface area contributed by atoms with Crippen LogP contribution >= 0.6 is 15.9 Å². The molecule has 1 spiro atoms. The number of rotatable bonds is 0. The van der Waals surface area contributed by atoms with Crippen LogP contribution in [0, 0.1) is 11.8 Å². The van der Waals surface area contributed by atoms with Gasteiger partial charge in [-0.3, -0.25) is 0 Å². The van der Waals surface area contributed by atoms with E-state index in [2.05, 4.69) is 44.4 Å². The van der Waals surface area contributed by atoms with Crippen molar-refractivity contribution >= 4 is 15.9 Å². The van der Waals surface area contributed by atoms with Crippen LogP contribution < -0.4 is 0 Å². The second-order valence-electron chi connectivity index (χ2n) is 5.28. The van der Waals surface area contributed by atoms with Gasteiger partial charge in [0, 0.05) is 16.3 Å². The van der Waals surface area contributed by atoms with Crippen molar-refractivity contribution in [1.29, 1.82) is 0 Å². The summed E-state index contributed by atoms with van der Waals surface area (Å²) in [5.74, 6) is 1.35. The molecule has 2 aliphatic carbocycles. The first-order valence-electron chi connectivity index (χ1n) is 5.99. The molecular weight excluding hydrogens is 264 g/mol. The quantitative estimate of drug-likeness (QED) is 0.690. The van der Waals surface area contributed by atoms with Crippen molar-refractivity contribution in [2.75, 3.05) is 0 Å². The third-order valence-electron chi connectivity index (χ3n) is 4.50. The Morgan fingerprint density at radius 1 is 1.06 bits per heavy atom. The molecule has 1 aromatic rings. The second-order valence-corrected chi connectivity index (χ2v) is 6.19. The highest BCUT2D eigenvalue weighted by Gasteiger charge is 2.58. The second kappa shape index (κ2) is 2.95. The summed E-state index contributed by atoms with van der Waals surface area (Å²) in [4.78, 5) is 0. The van der Waals surface area contributed by atoms with Crippen molar-refractivity contribution in [3.63, 3.8) is 0 Å². The predicted octanol–water partition coefficient (Wildman–Crippen LogP) is 3.74. The summed E-state index contributed by atoms with van der Waals surface area (Å²) in [6.07, 6.45) is 4.96. The molecule has 0 saturated heterocycles. The lowest BCUT2D eigenvalue weighted by Gasteiger charge is -2.14. The minimum Gasteiger partial charge on any atom is -0.158 e. The van der Waals surface area contributed by atoms with Gasteiger partial charge in [0.1, 0.15) is 0 Å². The molecule has 1 aliphatic heterocycles. The topological polar surface area (TPSA) is 24.7 Å². The fraction of sp³-hybridized carbons (Fsp3) is 0.538. The van der Waals surface area contributed by atoms with E-state index >= 15 is 0 Å². The fourth-order valence-corrected chi connectivity index (χ4v) is 3.97. The van der Waals surface area contributed by atoms with Crippen molar-refractivity contribution in [1.82, 2.24) is 0 Å². The van der Waals surface area contributed by atoms with Crippen LogP contribution in [0.5, 0.6) is 0 Å². The Morgan fingerprint density at radius 3 is 2.44 bits per heavy atom. The average molecular weight is 277 g/mol. The number of halogens is 1. The first kappa shape index (κ1) is 9.34. The summed E-state index contributed by atoms with van der Waals surface area (Å²) >= 11 is 3.57. The lowest BCUT2D eigenvalue weighted by atomic mass is 9.91. The maximum absolute atomic E-state index is 4.40. The maximum atomic E-state index is 4.40. The number of fused-ring (bicyclic) bond motifs is 1. The van der Waals surface area contributed by atoms with Crippen LogP contribution in [-0.2, 0) is 12.8 Å². The zero-order valence-corrected chi connectivity index (χ0v) is 10.6. The van der Waals surface area contributed by atoms with Crippen LogP contribution in [0.25, 0.3) is 0 Å². The van der Waals surface area contributed by atoms with Gasteiger partial charge in [0.05, 0.1) is 0 Å². The number of hydrogen-bond acceptors (Lipinski definition) is 2. The standard InChI is InChI=1S/C13H13BrN2/c14-12-4-1-8-5-10-2-3-11(6-9(8)7-12)13(10)15-16-13/h1,4,7,10-11H,2-3,5-6H2. The Morgan fingerprint density at radius 2 is 1.75 bits per heavy atom. The molecule has 0 radical (unpaired) electrons. The minimum atomic E-state index is 0.0471. The first-order chi connectivity index (χ1) is 7.78. The van der Waals surface area contributed by atoms with Crippen LogP contribution in [0.3, 0.4) is 0 Å². The van der Waals surface area contributed by atoms with Gasteiger partial charge >= 0.3 is 0 Å². The van der Waals surface area contributed by atoms with Crippen LogP contribution in [0.15, 0.2) is 32.9 Å². The normalized spacial score (nSPS) is 32.6. The molecule has 1 saturated carbocycles. The van der Waals surface area contributed by atoms with Crippen molar-refractivity contribution in [3.8, 4) is 0 Å². The summed E-state index contributed by atoms with van der Waals surface area (Å²) in [7, 11) is 0. The predicted molar refractivity (Wildman–Crippen MR) is 65.4 cm³/mol. The molecule has 0 aromatic heterocycles. The Hall–Kier alpha value is -0.700. The molecule has 4 rings (SSSR count). The van der Waals surface area contributed by atoms with E-state index in [1.54, 1.807) is 0 Å². The van der Waals surface area contributed by atoms with E-state index in [0.29, 0.717) is 11.8 Å². The van der Waals surface area contributed by atoms with Crippen molar-refractivity contribution in [2.45, 2.75) is 31.3 Å². The van der Waals surface area contributed by atoms with Gasteiger partial charge in [-0.1, -0.05) is 22.0 Å². The first-order valence-corrected chi connectivity index (χ1v) is 6.78. The zero-order chi connectivity index (χ0) is 10.8. The van der Waals surface area contributed by atoms with Crippen LogP contribution in [0.4, 0.5) is 0 Å². The van der Waals surface area contributed by atoms with Crippen molar-refractivity contribution in [3.05, 3.63) is 33.8 Å². The summed E-state index contributed by atoms with van der Waals surface area (Å²) in [6.45, 7) is 0. The molecule has 3 heteroatoms. The van der Waals surface area contributed by atoms with E-state index in [-0.39, 0.29) is 5.66 Å². The van der Waals surface area contributed by atoms with E-state index in [1.807, 2.05) is 0 Å². The van der Waals surface area contributed by atoms with E-state index < -0.39 is 0 Å². The van der Waals surface area contributed by atoms with Crippen molar-refractivity contribution < 1.29 is 0 Å².